The molecule has 0 fully saturated rings. The second kappa shape index (κ2) is 8.74. The van der Waals surface area contributed by atoms with Gasteiger partial charge in [-0.3, -0.25) is 10.4 Å². The van der Waals surface area contributed by atoms with E-state index in [1.54, 1.807) is 11.3 Å². The normalized spacial score (nSPS) is 10.8. The molecule has 2 aromatic carbocycles. The summed E-state index contributed by atoms with van der Waals surface area (Å²) in [4.78, 5) is 17.7. The summed E-state index contributed by atoms with van der Waals surface area (Å²) in [5.41, 5.74) is 4.76. The molecule has 2 aromatic heterocycles. The number of hydrogen-bond acceptors (Lipinski definition) is 5. The molecular formula is C21H21N5O2S. The predicted octanol–water partition coefficient (Wildman–Crippen LogP) is 4.27. The second-order valence-corrected chi connectivity index (χ2v) is 7.47. The van der Waals surface area contributed by atoms with E-state index < -0.39 is 0 Å². The van der Waals surface area contributed by atoms with E-state index in [0.717, 1.165) is 34.3 Å². The lowest BCUT2D eigenvalue weighted by Crippen LogP contribution is -2.28. The highest BCUT2D eigenvalue weighted by Gasteiger charge is 2.11. The van der Waals surface area contributed by atoms with Crippen LogP contribution in [0.15, 0.2) is 54.0 Å². The monoisotopic (exact) mass is 407 g/mol. The zero-order valence-electron chi connectivity index (χ0n) is 15.9. The zero-order valence-corrected chi connectivity index (χ0v) is 16.8. The lowest BCUT2D eigenvalue weighted by atomic mass is 10.2. The Morgan fingerprint density at radius 1 is 1.21 bits per heavy atom. The number of aryl methyl sites for hydroxylation is 1. The maximum absolute atomic E-state index is 12.2. The van der Waals surface area contributed by atoms with Crippen LogP contribution in [0.1, 0.15) is 16.1 Å². The first-order valence-electron chi connectivity index (χ1n) is 9.28. The first-order valence-corrected chi connectivity index (χ1v) is 10.2. The van der Waals surface area contributed by atoms with Crippen LogP contribution in [0.5, 0.6) is 5.75 Å². The number of ether oxygens (including phenoxy) is 1. The van der Waals surface area contributed by atoms with Crippen molar-refractivity contribution in [2.24, 2.45) is 0 Å². The van der Waals surface area contributed by atoms with Crippen molar-refractivity contribution in [3.63, 3.8) is 0 Å². The topological polar surface area (TPSA) is 91.9 Å². The van der Waals surface area contributed by atoms with Crippen molar-refractivity contribution in [3.8, 4) is 5.75 Å². The third kappa shape index (κ3) is 4.72. The van der Waals surface area contributed by atoms with Crippen molar-refractivity contribution in [1.82, 2.24) is 20.5 Å². The summed E-state index contributed by atoms with van der Waals surface area (Å²) in [5.74, 6) is 1.20. The van der Waals surface area contributed by atoms with Gasteiger partial charge in [0.2, 0.25) is 0 Å². The Hall–Kier alpha value is -3.39. The van der Waals surface area contributed by atoms with Crippen LogP contribution in [0, 0.1) is 6.92 Å². The van der Waals surface area contributed by atoms with Gasteiger partial charge in [0.05, 0.1) is 23.3 Å². The summed E-state index contributed by atoms with van der Waals surface area (Å²) >= 11 is 1.64. The number of rotatable bonds is 7. The van der Waals surface area contributed by atoms with Crippen LogP contribution in [-0.4, -0.2) is 27.8 Å². The van der Waals surface area contributed by atoms with Crippen molar-refractivity contribution in [1.29, 1.82) is 0 Å². The molecule has 2 heterocycles. The maximum atomic E-state index is 12.2. The fourth-order valence-electron chi connectivity index (χ4n) is 2.94. The number of urea groups is 1. The SMILES string of the molecule is Cc1ncsc1CCOc1ccc2[nH]nc(NC(=O)NCc3ccccc3)c2c1. The van der Waals surface area contributed by atoms with Crippen molar-refractivity contribution < 1.29 is 9.53 Å². The molecule has 0 saturated heterocycles. The molecule has 2 amide bonds. The van der Waals surface area contributed by atoms with Crippen LogP contribution in [-0.2, 0) is 13.0 Å². The fourth-order valence-corrected chi connectivity index (χ4v) is 3.70. The quantitative estimate of drug-likeness (QED) is 0.427. The summed E-state index contributed by atoms with van der Waals surface area (Å²) in [6, 6.07) is 15.1. The van der Waals surface area contributed by atoms with Gasteiger partial charge in [-0.1, -0.05) is 30.3 Å². The number of carbonyl (C=O) groups is 1. The third-order valence-corrected chi connectivity index (χ3v) is 5.50. The van der Waals surface area contributed by atoms with E-state index in [1.165, 1.54) is 4.88 Å². The average Bonchev–Trinajstić information content (AvgIpc) is 3.33. The highest BCUT2D eigenvalue weighted by atomic mass is 32.1. The highest BCUT2D eigenvalue weighted by Crippen LogP contribution is 2.25. The Morgan fingerprint density at radius 3 is 2.86 bits per heavy atom. The number of amides is 2. The van der Waals surface area contributed by atoms with Crippen LogP contribution in [0.3, 0.4) is 0 Å². The molecule has 0 bridgehead atoms. The number of aromatic nitrogens is 3. The first-order chi connectivity index (χ1) is 14.2. The Kier molecular flexibility index (Phi) is 5.71. The number of aromatic amines is 1. The molecular weight excluding hydrogens is 386 g/mol. The maximum Gasteiger partial charge on any atom is 0.320 e. The van der Waals surface area contributed by atoms with Crippen LogP contribution in [0.4, 0.5) is 10.6 Å². The van der Waals surface area contributed by atoms with Crippen molar-refractivity contribution in [3.05, 3.63) is 70.2 Å². The van der Waals surface area contributed by atoms with Crippen LogP contribution in [0.2, 0.25) is 0 Å². The Labute approximate surface area is 172 Å². The molecule has 3 N–H and O–H groups in total. The van der Waals surface area contributed by atoms with E-state index in [-0.39, 0.29) is 6.03 Å². The lowest BCUT2D eigenvalue weighted by Gasteiger charge is -2.07. The van der Waals surface area contributed by atoms with Gasteiger partial charge in [0.1, 0.15) is 5.75 Å². The molecule has 4 rings (SSSR count). The molecule has 4 aromatic rings. The summed E-state index contributed by atoms with van der Waals surface area (Å²) < 4.78 is 5.89. The number of fused-ring (bicyclic) bond motifs is 1. The number of H-pyrrole nitrogens is 1. The van der Waals surface area contributed by atoms with Gasteiger partial charge in [-0.05, 0) is 30.7 Å². The van der Waals surface area contributed by atoms with Crippen LogP contribution in [0.25, 0.3) is 10.9 Å². The summed E-state index contributed by atoms with van der Waals surface area (Å²) in [5, 5.41) is 13.6. The smallest absolute Gasteiger partial charge is 0.320 e. The van der Waals surface area contributed by atoms with Crippen LogP contribution < -0.4 is 15.4 Å². The minimum atomic E-state index is -0.311. The van der Waals surface area contributed by atoms with Gasteiger partial charge >= 0.3 is 6.03 Å². The number of hydrogen-bond donors (Lipinski definition) is 3. The summed E-state index contributed by atoms with van der Waals surface area (Å²) in [6.07, 6.45) is 0.812. The molecule has 8 heteroatoms. The molecule has 29 heavy (non-hydrogen) atoms. The van der Waals surface area contributed by atoms with Gasteiger partial charge in [-0.25, -0.2) is 9.78 Å². The minimum absolute atomic E-state index is 0.311. The summed E-state index contributed by atoms with van der Waals surface area (Å²) in [7, 11) is 0. The molecule has 148 valence electrons. The van der Waals surface area contributed by atoms with Gasteiger partial charge in [-0.2, -0.15) is 5.10 Å². The number of benzene rings is 2. The van der Waals surface area contributed by atoms with Crippen molar-refractivity contribution >= 4 is 34.1 Å². The van der Waals surface area contributed by atoms with E-state index in [2.05, 4.69) is 25.8 Å². The first kappa shape index (κ1) is 18.9. The number of anilines is 1. The van der Waals surface area contributed by atoms with E-state index in [4.69, 9.17) is 4.74 Å². The molecule has 7 nitrogen and oxygen atoms in total. The average molecular weight is 407 g/mol. The van der Waals surface area contributed by atoms with Crippen molar-refractivity contribution in [2.75, 3.05) is 11.9 Å². The number of nitrogens with zero attached hydrogens (tertiary/aromatic N) is 2. The van der Waals surface area contributed by atoms with E-state index in [9.17, 15) is 4.79 Å². The second-order valence-electron chi connectivity index (χ2n) is 6.53. The van der Waals surface area contributed by atoms with Gasteiger partial charge in [0, 0.05) is 23.2 Å². The molecule has 0 radical (unpaired) electrons. The largest absolute Gasteiger partial charge is 0.493 e. The van der Waals surface area contributed by atoms with E-state index in [0.29, 0.717) is 19.0 Å². The standard InChI is InChI=1S/C21H21N5O2S/c1-14-19(29-13-23-14)9-10-28-16-7-8-18-17(11-16)20(26-25-18)24-21(27)22-12-15-5-3-2-4-6-15/h2-8,11,13H,9-10,12H2,1H3,(H3,22,24,25,26,27). The van der Waals surface area contributed by atoms with Gasteiger partial charge in [0.25, 0.3) is 0 Å². The van der Waals surface area contributed by atoms with E-state index in [1.807, 2.05) is 61.0 Å². The fraction of sp³-hybridized carbons (Fsp3) is 0.190. The minimum Gasteiger partial charge on any atom is -0.493 e. The van der Waals surface area contributed by atoms with E-state index >= 15 is 0 Å². The predicted molar refractivity (Wildman–Crippen MR) is 114 cm³/mol. The third-order valence-electron chi connectivity index (χ3n) is 4.50. The number of carbonyl (C=O) groups excluding carboxylic acids is 1. The molecule has 0 aliphatic carbocycles. The Bertz CT molecular complexity index is 1110. The Balaban J connectivity index is 1.37. The molecule has 0 atom stereocenters. The number of thiazole rings is 1. The lowest BCUT2D eigenvalue weighted by molar-refractivity contribution is 0.251. The van der Waals surface area contributed by atoms with Gasteiger partial charge in [0.15, 0.2) is 5.82 Å². The molecule has 0 saturated carbocycles. The highest BCUT2D eigenvalue weighted by molar-refractivity contribution is 7.09. The van der Waals surface area contributed by atoms with Gasteiger partial charge in [-0.15, -0.1) is 11.3 Å². The summed E-state index contributed by atoms with van der Waals surface area (Å²) in [6.45, 7) is 3.01. The Morgan fingerprint density at radius 2 is 2.07 bits per heavy atom. The number of nitrogens with one attached hydrogen (secondary N) is 3. The van der Waals surface area contributed by atoms with Gasteiger partial charge < -0.3 is 10.1 Å². The molecule has 0 spiro atoms. The zero-order chi connectivity index (χ0) is 20.1. The molecule has 0 aliphatic rings. The molecule has 0 aliphatic heterocycles. The molecule has 0 unspecified atom stereocenters. The van der Waals surface area contributed by atoms with Crippen LogP contribution >= 0.6 is 11.3 Å². The van der Waals surface area contributed by atoms with Crippen molar-refractivity contribution in [2.45, 2.75) is 19.9 Å².